The van der Waals surface area contributed by atoms with E-state index in [1.54, 1.807) is 0 Å². The number of ether oxygens (including phenoxy) is 6. The van der Waals surface area contributed by atoms with Crippen molar-refractivity contribution in [2.24, 2.45) is 5.41 Å². The monoisotopic (exact) mass is 628 g/mol. The molecule has 2 fully saturated rings. The van der Waals surface area contributed by atoms with Gasteiger partial charge < -0.3 is 69.3 Å². The fraction of sp³-hybridized carbons (Fsp3) is 1.00. The highest BCUT2D eigenvalue weighted by atomic mass is 16.7. The first kappa shape index (κ1) is 38.6. The lowest BCUT2D eigenvalue weighted by atomic mass is 9.91. The molecule has 2 heterocycles. The van der Waals surface area contributed by atoms with E-state index in [0.717, 1.165) is 51.4 Å². The first-order chi connectivity index (χ1) is 20.6. The van der Waals surface area contributed by atoms with Gasteiger partial charge in [-0.2, -0.15) is 0 Å². The Morgan fingerprint density at radius 1 is 0.512 bits per heavy atom. The lowest BCUT2D eigenvalue weighted by Gasteiger charge is -2.43. The summed E-state index contributed by atoms with van der Waals surface area (Å²) in [5.74, 6) is 0. The molecule has 2 saturated heterocycles. The molecule has 2 aliphatic heterocycles. The Bertz CT molecular complexity index is 655. The van der Waals surface area contributed by atoms with Crippen molar-refractivity contribution in [1.82, 2.24) is 0 Å². The summed E-state index contributed by atoms with van der Waals surface area (Å²) in [6.45, 7) is 3.60. The second-order valence-corrected chi connectivity index (χ2v) is 11.7. The molecule has 0 radical (unpaired) electrons. The molecule has 0 aromatic carbocycles. The van der Waals surface area contributed by atoms with Gasteiger partial charge in [0.05, 0.1) is 45.1 Å². The van der Waals surface area contributed by atoms with Crippen LogP contribution in [0.15, 0.2) is 0 Å². The van der Waals surface area contributed by atoms with Crippen LogP contribution in [-0.2, 0) is 28.4 Å². The molecule has 2 aliphatic rings. The van der Waals surface area contributed by atoms with Crippen LogP contribution in [0.5, 0.6) is 0 Å². The van der Waals surface area contributed by atoms with Gasteiger partial charge in [0.1, 0.15) is 48.8 Å². The molecule has 0 bridgehead atoms. The highest BCUT2D eigenvalue weighted by Gasteiger charge is 2.47. The number of aliphatic hydroxyl groups excluding tert-OH is 8. The van der Waals surface area contributed by atoms with Crippen LogP contribution in [0.4, 0.5) is 0 Å². The normalized spacial score (nSPS) is 33.6. The van der Waals surface area contributed by atoms with Crippen LogP contribution in [0, 0.1) is 5.41 Å². The predicted molar refractivity (Wildman–Crippen MR) is 152 cm³/mol. The van der Waals surface area contributed by atoms with Gasteiger partial charge in [-0.3, -0.25) is 0 Å². The molecule has 256 valence electrons. The molecule has 0 unspecified atom stereocenters. The Hall–Kier alpha value is -0.560. The Labute approximate surface area is 254 Å². The highest BCUT2D eigenvalue weighted by Crippen LogP contribution is 2.29. The van der Waals surface area contributed by atoms with Gasteiger partial charge >= 0.3 is 0 Å². The third kappa shape index (κ3) is 12.0. The molecule has 2 rings (SSSR count). The average molecular weight is 629 g/mol. The second-order valence-electron chi connectivity index (χ2n) is 11.7. The van der Waals surface area contributed by atoms with Gasteiger partial charge in [-0.1, -0.05) is 52.4 Å². The minimum atomic E-state index is -1.62. The minimum Gasteiger partial charge on any atom is -0.394 e. The van der Waals surface area contributed by atoms with Crippen molar-refractivity contribution in [2.45, 2.75) is 127 Å². The van der Waals surface area contributed by atoms with E-state index in [0.29, 0.717) is 13.2 Å². The summed E-state index contributed by atoms with van der Waals surface area (Å²) in [4.78, 5) is 0. The Morgan fingerprint density at radius 3 is 1.26 bits per heavy atom. The van der Waals surface area contributed by atoms with Crippen molar-refractivity contribution in [3.05, 3.63) is 0 Å². The molecule has 10 atom stereocenters. The molecule has 0 aromatic heterocycles. The van der Waals surface area contributed by atoms with E-state index in [1.165, 1.54) is 0 Å². The SMILES string of the molecule is CCCCCCOCC(COCCCCCC)(CO[C@@H]1O[C@H](CO)[C@H](O)[C@H](O)[C@H]1O)CO[C@@H]1O[C@H](CO)[C@H](O)[C@H](O)[C@H]1O. The zero-order chi connectivity index (χ0) is 31.8. The molecule has 0 spiro atoms. The highest BCUT2D eigenvalue weighted by molar-refractivity contribution is 4.91. The van der Waals surface area contributed by atoms with Crippen molar-refractivity contribution in [3.63, 3.8) is 0 Å². The van der Waals surface area contributed by atoms with Gasteiger partial charge in [-0.15, -0.1) is 0 Å². The molecule has 0 saturated carbocycles. The minimum absolute atomic E-state index is 0.0585. The topological polar surface area (TPSA) is 217 Å². The number of unbranched alkanes of at least 4 members (excludes halogenated alkanes) is 6. The van der Waals surface area contributed by atoms with Crippen molar-refractivity contribution in [3.8, 4) is 0 Å². The fourth-order valence-electron chi connectivity index (χ4n) is 5.02. The summed E-state index contributed by atoms with van der Waals surface area (Å²) >= 11 is 0. The van der Waals surface area contributed by atoms with E-state index in [9.17, 15) is 40.9 Å². The van der Waals surface area contributed by atoms with Crippen LogP contribution in [0.3, 0.4) is 0 Å². The first-order valence-electron chi connectivity index (χ1n) is 15.6. The number of rotatable bonds is 22. The maximum Gasteiger partial charge on any atom is 0.186 e. The van der Waals surface area contributed by atoms with Gasteiger partial charge in [0, 0.05) is 13.2 Å². The zero-order valence-corrected chi connectivity index (χ0v) is 25.6. The molecule has 43 heavy (non-hydrogen) atoms. The quantitative estimate of drug-likeness (QED) is 0.0661. The van der Waals surface area contributed by atoms with Gasteiger partial charge in [0.25, 0.3) is 0 Å². The summed E-state index contributed by atoms with van der Waals surface area (Å²) in [6, 6.07) is 0. The molecule has 8 N–H and O–H groups in total. The molecular weight excluding hydrogens is 572 g/mol. The van der Waals surface area contributed by atoms with Crippen LogP contribution in [-0.4, -0.2) is 155 Å². The second kappa shape index (κ2) is 20.5. The summed E-state index contributed by atoms with van der Waals surface area (Å²) < 4.78 is 35.0. The van der Waals surface area contributed by atoms with Crippen LogP contribution in [0.2, 0.25) is 0 Å². The average Bonchev–Trinajstić information content (AvgIpc) is 3.01. The molecular formula is C29H56O14. The Balaban J connectivity index is 2.22. The van der Waals surface area contributed by atoms with E-state index >= 15 is 0 Å². The van der Waals surface area contributed by atoms with Crippen LogP contribution in [0.1, 0.15) is 65.2 Å². The molecule has 14 heteroatoms. The third-order valence-electron chi connectivity index (χ3n) is 7.91. The van der Waals surface area contributed by atoms with Gasteiger partial charge in [-0.05, 0) is 12.8 Å². The van der Waals surface area contributed by atoms with E-state index < -0.39 is 80.0 Å². The molecule has 0 aromatic rings. The van der Waals surface area contributed by atoms with Crippen molar-refractivity contribution < 1.29 is 69.3 Å². The van der Waals surface area contributed by atoms with Crippen molar-refractivity contribution in [1.29, 1.82) is 0 Å². The maximum absolute atomic E-state index is 10.5. The first-order valence-corrected chi connectivity index (χ1v) is 15.6. The predicted octanol–water partition coefficient (Wildman–Crippen LogP) is -1.20. The van der Waals surface area contributed by atoms with E-state index in [-0.39, 0.29) is 26.4 Å². The third-order valence-corrected chi connectivity index (χ3v) is 7.91. The molecule has 0 amide bonds. The standard InChI is InChI=1S/C29H56O14/c1-3-5-7-9-11-38-15-29(16-39-12-10-8-6-4-2,17-40-27-25(36)23(34)21(32)19(13-30)42-27)18-41-28-26(37)24(35)22(33)20(14-31)43-28/h19-28,30-37H,3-18H2,1-2H3/t19-,20-,21+,22+,23+,24+,25-,26-,27-,28-/m1/s1. The number of aliphatic hydroxyl groups is 8. The summed E-state index contributed by atoms with van der Waals surface area (Å²) in [5.41, 5.74) is -1.08. The number of hydrogen-bond acceptors (Lipinski definition) is 14. The molecule has 14 nitrogen and oxygen atoms in total. The largest absolute Gasteiger partial charge is 0.394 e. The fourth-order valence-corrected chi connectivity index (χ4v) is 5.02. The van der Waals surface area contributed by atoms with Crippen LogP contribution < -0.4 is 0 Å². The van der Waals surface area contributed by atoms with Gasteiger partial charge in [-0.25, -0.2) is 0 Å². The van der Waals surface area contributed by atoms with Gasteiger partial charge in [0.15, 0.2) is 12.6 Å². The lowest BCUT2D eigenvalue weighted by Crippen LogP contribution is -2.60. The summed E-state index contributed by atoms with van der Waals surface area (Å²) in [5, 5.41) is 80.9. The van der Waals surface area contributed by atoms with Gasteiger partial charge in [0.2, 0.25) is 0 Å². The zero-order valence-electron chi connectivity index (χ0n) is 25.6. The maximum atomic E-state index is 10.5. The summed E-state index contributed by atoms with van der Waals surface area (Å²) in [6.07, 6.45) is -6.83. The molecule has 0 aliphatic carbocycles. The Kier molecular flexibility index (Phi) is 18.4. The number of hydrogen-bond donors (Lipinski definition) is 8. The lowest BCUT2D eigenvalue weighted by molar-refractivity contribution is -0.322. The van der Waals surface area contributed by atoms with Crippen molar-refractivity contribution in [2.75, 3.05) is 52.9 Å². The Morgan fingerprint density at radius 2 is 0.907 bits per heavy atom. The van der Waals surface area contributed by atoms with Crippen LogP contribution >= 0.6 is 0 Å². The van der Waals surface area contributed by atoms with E-state index in [1.807, 2.05) is 0 Å². The smallest absolute Gasteiger partial charge is 0.186 e. The van der Waals surface area contributed by atoms with Crippen molar-refractivity contribution >= 4 is 0 Å². The van der Waals surface area contributed by atoms with Crippen LogP contribution in [0.25, 0.3) is 0 Å². The summed E-state index contributed by atoms with van der Waals surface area (Å²) in [7, 11) is 0. The van der Waals surface area contributed by atoms with E-state index in [4.69, 9.17) is 28.4 Å². The van der Waals surface area contributed by atoms with E-state index in [2.05, 4.69) is 13.8 Å².